The molecule has 1 aliphatic rings. The first-order valence-electron chi connectivity index (χ1n) is 9.54. The van der Waals surface area contributed by atoms with Gasteiger partial charge in [0, 0.05) is 16.5 Å². The fourth-order valence-electron chi connectivity index (χ4n) is 3.66. The van der Waals surface area contributed by atoms with Crippen LogP contribution in [0, 0.1) is 0 Å². The number of halogens is 1. The first kappa shape index (κ1) is 19.5. The summed E-state index contributed by atoms with van der Waals surface area (Å²) in [4.78, 5) is 0. The highest BCUT2D eigenvalue weighted by Crippen LogP contribution is 2.40. The molecule has 148 valence electrons. The van der Waals surface area contributed by atoms with Crippen LogP contribution in [0.5, 0.6) is 11.5 Å². The van der Waals surface area contributed by atoms with Crippen molar-refractivity contribution in [1.82, 2.24) is 5.01 Å². The highest BCUT2D eigenvalue weighted by Gasteiger charge is 2.31. The zero-order valence-corrected chi connectivity index (χ0v) is 18.1. The van der Waals surface area contributed by atoms with Gasteiger partial charge in [-0.1, -0.05) is 58.4 Å². The molecule has 0 saturated heterocycles. The summed E-state index contributed by atoms with van der Waals surface area (Å²) in [7, 11) is 3.39. The van der Waals surface area contributed by atoms with Crippen molar-refractivity contribution in [2.24, 2.45) is 5.10 Å². The van der Waals surface area contributed by atoms with Crippen LogP contribution in [0.3, 0.4) is 0 Å². The standard InChI is InChI=1S/C24H23BrN2O2/c1-28-20-12-13-24(29-2)21(14-20)23-15-22(18-8-10-19(25)11-9-18)26-27(23)16-17-6-4-3-5-7-17/h3-14,23H,15-16H2,1-2H3. The Labute approximate surface area is 179 Å². The van der Waals surface area contributed by atoms with Crippen molar-refractivity contribution in [2.75, 3.05) is 14.2 Å². The predicted octanol–water partition coefficient (Wildman–Crippen LogP) is 5.82. The van der Waals surface area contributed by atoms with Gasteiger partial charge in [-0.3, -0.25) is 5.01 Å². The van der Waals surface area contributed by atoms with Gasteiger partial charge in [0.25, 0.3) is 0 Å². The van der Waals surface area contributed by atoms with E-state index < -0.39 is 0 Å². The Morgan fingerprint density at radius 2 is 1.72 bits per heavy atom. The summed E-state index contributed by atoms with van der Waals surface area (Å²) in [5.41, 5.74) is 4.51. The van der Waals surface area contributed by atoms with Crippen molar-refractivity contribution >= 4 is 21.6 Å². The van der Waals surface area contributed by atoms with Gasteiger partial charge >= 0.3 is 0 Å². The highest BCUT2D eigenvalue weighted by atomic mass is 79.9. The zero-order chi connectivity index (χ0) is 20.2. The van der Waals surface area contributed by atoms with Gasteiger partial charge in [-0.05, 0) is 41.5 Å². The monoisotopic (exact) mass is 450 g/mol. The SMILES string of the molecule is COc1ccc(OC)c(C2CC(c3ccc(Br)cc3)=NN2Cc2ccccc2)c1. The highest BCUT2D eigenvalue weighted by molar-refractivity contribution is 9.10. The molecule has 0 aliphatic carbocycles. The van der Waals surface area contributed by atoms with Gasteiger partial charge in [-0.15, -0.1) is 0 Å². The maximum atomic E-state index is 5.67. The van der Waals surface area contributed by atoms with E-state index in [1.54, 1.807) is 14.2 Å². The number of ether oxygens (including phenoxy) is 2. The summed E-state index contributed by atoms with van der Waals surface area (Å²) in [6, 6.07) is 24.8. The number of hydrogen-bond acceptors (Lipinski definition) is 4. The predicted molar refractivity (Wildman–Crippen MR) is 120 cm³/mol. The van der Waals surface area contributed by atoms with Crippen molar-refractivity contribution in [2.45, 2.75) is 19.0 Å². The molecule has 0 radical (unpaired) electrons. The van der Waals surface area contributed by atoms with E-state index in [1.165, 1.54) is 5.56 Å². The van der Waals surface area contributed by atoms with Crippen LogP contribution in [-0.2, 0) is 6.54 Å². The lowest BCUT2D eigenvalue weighted by Gasteiger charge is -2.25. The van der Waals surface area contributed by atoms with Gasteiger partial charge in [-0.25, -0.2) is 0 Å². The Kier molecular flexibility index (Phi) is 5.86. The molecule has 0 spiro atoms. The molecule has 0 fully saturated rings. The van der Waals surface area contributed by atoms with Crippen LogP contribution in [0.2, 0.25) is 0 Å². The fourth-order valence-corrected chi connectivity index (χ4v) is 3.92. The lowest BCUT2D eigenvalue weighted by atomic mass is 9.97. The molecule has 5 heteroatoms. The molecule has 0 N–H and O–H groups in total. The number of hydrogen-bond donors (Lipinski definition) is 0. The van der Waals surface area contributed by atoms with Crippen LogP contribution in [0.4, 0.5) is 0 Å². The average molecular weight is 451 g/mol. The van der Waals surface area contributed by atoms with Gasteiger partial charge in [0.05, 0.1) is 32.5 Å². The molecule has 4 rings (SSSR count). The summed E-state index contributed by atoms with van der Waals surface area (Å²) in [5.74, 6) is 1.67. The minimum Gasteiger partial charge on any atom is -0.497 e. The minimum atomic E-state index is 0.0684. The summed E-state index contributed by atoms with van der Waals surface area (Å²) < 4.78 is 12.2. The third-order valence-electron chi connectivity index (χ3n) is 5.16. The van der Waals surface area contributed by atoms with E-state index in [9.17, 15) is 0 Å². The second-order valence-corrected chi connectivity index (χ2v) is 7.88. The molecule has 1 heterocycles. The first-order chi connectivity index (χ1) is 14.2. The van der Waals surface area contributed by atoms with Crippen LogP contribution in [0.25, 0.3) is 0 Å². The molecule has 29 heavy (non-hydrogen) atoms. The number of nitrogens with zero attached hydrogens (tertiary/aromatic N) is 2. The van der Waals surface area contributed by atoms with E-state index in [-0.39, 0.29) is 6.04 Å². The molecule has 0 bridgehead atoms. The summed E-state index contributed by atoms with van der Waals surface area (Å²) >= 11 is 3.51. The van der Waals surface area contributed by atoms with Gasteiger partial charge < -0.3 is 9.47 Å². The Balaban J connectivity index is 1.72. The summed E-state index contributed by atoms with van der Waals surface area (Å²) in [5, 5.41) is 7.17. The molecule has 3 aromatic carbocycles. The van der Waals surface area contributed by atoms with Gasteiger partial charge in [0.2, 0.25) is 0 Å². The van der Waals surface area contributed by atoms with Crippen molar-refractivity contribution < 1.29 is 9.47 Å². The fraction of sp³-hybridized carbons (Fsp3) is 0.208. The number of hydrazone groups is 1. The van der Waals surface area contributed by atoms with Crippen LogP contribution >= 0.6 is 15.9 Å². The quantitative estimate of drug-likeness (QED) is 0.474. The zero-order valence-electron chi connectivity index (χ0n) is 16.5. The molecule has 1 aliphatic heterocycles. The van der Waals surface area contributed by atoms with Crippen LogP contribution in [0.1, 0.15) is 29.2 Å². The van der Waals surface area contributed by atoms with E-state index in [0.29, 0.717) is 0 Å². The smallest absolute Gasteiger partial charge is 0.124 e. The number of methoxy groups -OCH3 is 2. The van der Waals surface area contributed by atoms with Crippen LogP contribution < -0.4 is 9.47 Å². The molecule has 0 aromatic heterocycles. The molecular formula is C24H23BrN2O2. The Morgan fingerprint density at radius 1 is 0.966 bits per heavy atom. The normalized spacial score (nSPS) is 15.9. The van der Waals surface area contributed by atoms with Gasteiger partial charge in [0.15, 0.2) is 0 Å². The van der Waals surface area contributed by atoms with E-state index in [0.717, 1.165) is 45.8 Å². The summed E-state index contributed by atoms with van der Waals surface area (Å²) in [6.45, 7) is 0.728. The van der Waals surface area contributed by atoms with Crippen molar-refractivity contribution in [3.63, 3.8) is 0 Å². The Bertz CT molecular complexity index is 1000. The molecule has 0 amide bonds. The Morgan fingerprint density at radius 3 is 2.41 bits per heavy atom. The van der Waals surface area contributed by atoms with E-state index >= 15 is 0 Å². The van der Waals surface area contributed by atoms with Crippen molar-refractivity contribution in [3.05, 3.63) is 94.0 Å². The third-order valence-corrected chi connectivity index (χ3v) is 5.69. The maximum Gasteiger partial charge on any atom is 0.124 e. The van der Waals surface area contributed by atoms with Gasteiger partial charge in [-0.2, -0.15) is 5.10 Å². The van der Waals surface area contributed by atoms with E-state index in [1.807, 2.05) is 18.2 Å². The third kappa shape index (κ3) is 4.30. The molecular weight excluding hydrogens is 428 g/mol. The van der Waals surface area contributed by atoms with E-state index in [2.05, 4.69) is 75.5 Å². The van der Waals surface area contributed by atoms with Crippen molar-refractivity contribution in [3.8, 4) is 11.5 Å². The second-order valence-electron chi connectivity index (χ2n) is 6.96. The molecule has 1 atom stereocenters. The molecule has 4 nitrogen and oxygen atoms in total. The second kappa shape index (κ2) is 8.70. The van der Waals surface area contributed by atoms with Gasteiger partial charge in [0.1, 0.15) is 11.5 Å². The number of rotatable bonds is 6. The lowest BCUT2D eigenvalue weighted by Crippen LogP contribution is -2.19. The summed E-state index contributed by atoms with van der Waals surface area (Å²) in [6.07, 6.45) is 0.804. The molecule has 0 saturated carbocycles. The largest absolute Gasteiger partial charge is 0.497 e. The first-order valence-corrected chi connectivity index (χ1v) is 10.3. The van der Waals surface area contributed by atoms with E-state index in [4.69, 9.17) is 14.6 Å². The lowest BCUT2D eigenvalue weighted by molar-refractivity contribution is 0.219. The average Bonchev–Trinajstić information content (AvgIpc) is 3.18. The minimum absolute atomic E-state index is 0.0684. The molecule has 1 unspecified atom stereocenters. The van der Waals surface area contributed by atoms with Crippen LogP contribution in [0.15, 0.2) is 82.4 Å². The molecule has 3 aromatic rings. The van der Waals surface area contributed by atoms with Crippen molar-refractivity contribution in [1.29, 1.82) is 0 Å². The Hall–Kier alpha value is -2.79. The topological polar surface area (TPSA) is 34.1 Å². The maximum absolute atomic E-state index is 5.67. The number of benzene rings is 3. The van der Waals surface area contributed by atoms with Crippen LogP contribution in [-0.4, -0.2) is 24.9 Å².